The average Bonchev–Trinajstić information content (AvgIpc) is 2.32. The van der Waals surface area contributed by atoms with E-state index in [0.717, 1.165) is 25.3 Å². The largest absolute Gasteiger partial charge is 0.299 e. The Morgan fingerprint density at radius 3 is 2.60 bits per heavy atom. The topological polar surface area (TPSA) is 3.24 Å². The van der Waals surface area contributed by atoms with Gasteiger partial charge in [0.2, 0.25) is 0 Å². The summed E-state index contributed by atoms with van der Waals surface area (Å²) in [5, 5.41) is 0. The Morgan fingerprint density at radius 2 is 2.00 bits per heavy atom. The minimum Gasteiger partial charge on any atom is -0.299 e. The highest BCUT2D eigenvalue weighted by molar-refractivity contribution is 7.80. The molecule has 2 rings (SSSR count). The lowest BCUT2D eigenvalue weighted by Crippen LogP contribution is -2.30. The summed E-state index contributed by atoms with van der Waals surface area (Å²) in [4.78, 5) is 2.44. The predicted octanol–water partition coefficient (Wildman–Crippen LogP) is 2.71. The molecule has 1 aliphatic rings. The summed E-state index contributed by atoms with van der Waals surface area (Å²) in [5.41, 5.74) is 2.87. The number of hydrogen-bond donors (Lipinski definition) is 1. The van der Waals surface area contributed by atoms with E-state index in [2.05, 4.69) is 53.9 Å². The van der Waals surface area contributed by atoms with Crippen molar-refractivity contribution < 1.29 is 0 Å². The van der Waals surface area contributed by atoms with Crippen LogP contribution in [0.2, 0.25) is 0 Å². The first kappa shape index (κ1) is 10.8. The molecule has 1 aromatic rings. The van der Waals surface area contributed by atoms with Crippen LogP contribution in [0.4, 0.5) is 0 Å². The zero-order chi connectivity index (χ0) is 10.5. The molecule has 0 bridgehead atoms. The molecule has 0 spiro atoms. The van der Waals surface area contributed by atoms with E-state index in [4.69, 9.17) is 0 Å². The van der Waals surface area contributed by atoms with Crippen molar-refractivity contribution in [2.24, 2.45) is 0 Å². The van der Waals surface area contributed by atoms with Crippen molar-refractivity contribution in [2.45, 2.75) is 6.42 Å². The molecule has 0 saturated carbocycles. The second kappa shape index (κ2) is 5.38. The van der Waals surface area contributed by atoms with Crippen LogP contribution >= 0.6 is 12.6 Å². The molecular weight excluding hydrogens is 202 g/mol. The van der Waals surface area contributed by atoms with Crippen LogP contribution in [-0.2, 0) is 0 Å². The van der Waals surface area contributed by atoms with Crippen molar-refractivity contribution in [1.82, 2.24) is 4.90 Å². The van der Waals surface area contributed by atoms with Gasteiger partial charge in [-0.05, 0) is 17.6 Å². The summed E-state index contributed by atoms with van der Waals surface area (Å²) in [5.74, 6) is 0.953. The van der Waals surface area contributed by atoms with E-state index in [1.165, 1.54) is 17.7 Å². The van der Waals surface area contributed by atoms with Crippen LogP contribution in [0.3, 0.4) is 0 Å². The minimum atomic E-state index is 0.953. The molecule has 0 radical (unpaired) electrons. The lowest BCUT2D eigenvalue weighted by Gasteiger charge is -2.25. The summed E-state index contributed by atoms with van der Waals surface area (Å²) >= 11 is 4.26. The van der Waals surface area contributed by atoms with Gasteiger partial charge in [0.25, 0.3) is 0 Å². The van der Waals surface area contributed by atoms with Gasteiger partial charge in [0.05, 0.1) is 0 Å². The molecule has 0 aliphatic carbocycles. The van der Waals surface area contributed by atoms with E-state index in [9.17, 15) is 0 Å². The molecule has 1 aromatic carbocycles. The summed E-state index contributed by atoms with van der Waals surface area (Å²) in [6.07, 6.45) is 3.51. The van der Waals surface area contributed by atoms with E-state index < -0.39 is 0 Å². The Kier molecular flexibility index (Phi) is 3.87. The highest BCUT2D eigenvalue weighted by Gasteiger charge is 2.11. The second-order valence-corrected chi connectivity index (χ2v) is 4.32. The molecule has 2 heteroatoms. The first-order valence-corrected chi connectivity index (χ1v) is 6.11. The fraction of sp³-hybridized carbons (Fsp3) is 0.385. The molecule has 0 atom stereocenters. The zero-order valence-electron chi connectivity index (χ0n) is 8.89. The Morgan fingerprint density at radius 1 is 1.20 bits per heavy atom. The Labute approximate surface area is 97.2 Å². The number of benzene rings is 1. The number of rotatable bonds is 3. The first-order valence-electron chi connectivity index (χ1n) is 5.48. The third-order valence-corrected chi connectivity index (χ3v) is 3.05. The van der Waals surface area contributed by atoms with Crippen molar-refractivity contribution in [3.63, 3.8) is 0 Å². The Bertz CT molecular complexity index is 332. The van der Waals surface area contributed by atoms with Crippen LogP contribution in [0.1, 0.15) is 12.0 Å². The fourth-order valence-corrected chi connectivity index (χ4v) is 2.25. The standard InChI is InChI=1S/C13H17NS/c15-11-10-14-8-6-13(7-9-14)12-4-2-1-3-5-12/h1-6,15H,7-11H2. The quantitative estimate of drug-likeness (QED) is 0.765. The van der Waals surface area contributed by atoms with Gasteiger partial charge < -0.3 is 0 Å². The molecular formula is C13H17NS. The van der Waals surface area contributed by atoms with Crippen molar-refractivity contribution in [2.75, 3.05) is 25.4 Å². The van der Waals surface area contributed by atoms with Crippen molar-refractivity contribution in [3.8, 4) is 0 Å². The summed E-state index contributed by atoms with van der Waals surface area (Å²) in [6.45, 7) is 3.34. The van der Waals surface area contributed by atoms with Crippen LogP contribution in [0.15, 0.2) is 36.4 Å². The SMILES string of the molecule is SCCN1CC=C(c2ccccc2)CC1. The van der Waals surface area contributed by atoms with Crippen molar-refractivity contribution in [1.29, 1.82) is 0 Å². The molecule has 0 saturated heterocycles. The highest BCUT2D eigenvalue weighted by atomic mass is 32.1. The number of nitrogens with zero attached hydrogens (tertiary/aromatic N) is 1. The molecule has 1 nitrogen and oxygen atoms in total. The summed E-state index contributed by atoms with van der Waals surface area (Å²) in [6, 6.07) is 10.7. The number of hydrogen-bond acceptors (Lipinski definition) is 2. The number of thiol groups is 1. The van der Waals surface area contributed by atoms with Crippen LogP contribution in [-0.4, -0.2) is 30.3 Å². The third kappa shape index (κ3) is 2.86. The van der Waals surface area contributed by atoms with Gasteiger partial charge in [0.1, 0.15) is 0 Å². The van der Waals surface area contributed by atoms with Gasteiger partial charge in [-0.1, -0.05) is 36.4 Å². The van der Waals surface area contributed by atoms with Gasteiger partial charge in [0.15, 0.2) is 0 Å². The van der Waals surface area contributed by atoms with Gasteiger partial charge in [-0.15, -0.1) is 0 Å². The fourth-order valence-electron chi connectivity index (χ4n) is 1.97. The molecule has 0 fully saturated rings. The van der Waals surface area contributed by atoms with Crippen LogP contribution in [0, 0.1) is 0 Å². The Balaban J connectivity index is 2.02. The van der Waals surface area contributed by atoms with Gasteiger partial charge in [-0.3, -0.25) is 4.90 Å². The molecule has 1 heterocycles. The molecule has 0 amide bonds. The second-order valence-electron chi connectivity index (χ2n) is 3.87. The van der Waals surface area contributed by atoms with Gasteiger partial charge in [-0.25, -0.2) is 0 Å². The lowest BCUT2D eigenvalue weighted by molar-refractivity contribution is 0.321. The highest BCUT2D eigenvalue weighted by Crippen LogP contribution is 2.21. The normalized spacial score (nSPS) is 17.5. The maximum atomic E-state index is 4.26. The molecule has 0 unspecified atom stereocenters. The van der Waals surface area contributed by atoms with Crippen molar-refractivity contribution in [3.05, 3.63) is 42.0 Å². The van der Waals surface area contributed by atoms with E-state index in [1.54, 1.807) is 0 Å². The molecule has 0 aromatic heterocycles. The van der Waals surface area contributed by atoms with E-state index in [-0.39, 0.29) is 0 Å². The Hall–Kier alpha value is -0.730. The summed E-state index contributed by atoms with van der Waals surface area (Å²) in [7, 11) is 0. The zero-order valence-corrected chi connectivity index (χ0v) is 9.79. The molecule has 0 N–H and O–H groups in total. The van der Waals surface area contributed by atoms with Crippen LogP contribution in [0.5, 0.6) is 0 Å². The maximum Gasteiger partial charge on any atom is 0.0169 e. The van der Waals surface area contributed by atoms with E-state index in [0.29, 0.717) is 0 Å². The minimum absolute atomic E-state index is 0.953. The molecule has 1 aliphatic heterocycles. The third-order valence-electron chi connectivity index (χ3n) is 2.85. The first-order chi connectivity index (χ1) is 7.40. The molecule has 80 valence electrons. The summed E-state index contributed by atoms with van der Waals surface area (Å²) < 4.78 is 0. The smallest absolute Gasteiger partial charge is 0.0169 e. The molecule has 15 heavy (non-hydrogen) atoms. The monoisotopic (exact) mass is 219 g/mol. The lowest BCUT2D eigenvalue weighted by atomic mass is 10.00. The average molecular weight is 219 g/mol. The maximum absolute atomic E-state index is 4.26. The predicted molar refractivity (Wildman–Crippen MR) is 69.3 cm³/mol. The van der Waals surface area contributed by atoms with Crippen LogP contribution in [0.25, 0.3) is 5.57 Å². The van der Waals surface area contributed by atoms with Gasteiger partial charge in [0, 0.05) is 25.4 Å². The van der Waals surface area contributed by atoms with Gasteiger partial charge in [-0.2, -0.15) is 12.6 Å². The van der Waals surface area contributed by atoms with Crippen molar-refractivity contribution >= 4 is 18.2 Å². The van der Waals surface area contributed by atoms with E-state index in [1.807, 2.05) is 0 Å². The van der Waals surface area contributed by atoms with Gasteiger partial charge >= 0.3 is 0 Å². The van der Waals surface area contributed by atoms with E-state index >= 15 is 0 Å². The van der Waals surface area contributed by atoms with Crippen LogP contribution < -0.4 is 0 Å².